The van der Waals surface area contributed by atoms with Crippen molar-refractivity contribution in [3.05, 3.63) is 159 Å². The van der Waals surface area contributed by atoms with Crippen LogP contribution in [0.5, 0.6) is 0 Å². The molecule has 286 valence electrons. The molecular weight excluding hydrogens is 733 g/mol. The third-order valence-corrected chi connectivity index (χ3v) is 7.38. The summed E-state index contributed by atoms with van der Waals surface area (Å²) < 4.78 is 22.9. The summed E-state index contributed by atoms with van der Waals surface area (Å²) in [4.78, 5) is 62.5. The van der Waals surface area contributed by atoms with Crippen molar-refractivity contribution in [2.45, 2.75) is 0 Å². The van der Waals surface area contributed by atoms with E-state index in [0.717, 1.165) is 27.2 Å². The van der Waals surface area contributed by atoms with Crippen molar-refractivity contribution in [2.24, 2.45) is 63.4 Å². The Morgan fingerprint density at radius 3 is 1.34 bits per heavy atom. The van der Waals surface area contributed by atoms with Crippen LogP contribution in [-0.4, -0.2) is 56.7 Å². The fourth-order valence-electron chi connectivity index (χ4n) is 2.94. The highest BCUT2D eigenvalue weighted by Crippen LogP contribution is 1.88. The zero-order valence-electron chi connectivity index (χ0n) is 30.6. The topological polar surface area (TPSA) is 212 Å². The molecule has 0 aromatic carbocycles. The molecule has 7 rings (SSSR count). The Hall–Kier alpha value is -6.42. The van der Waals surface area contributed by atoms with E-state index in [4.69, 9.17) is 12.2 Å². The van der Waals surface area contributed by atoms with Gasteiger partial charge in [0.1, 0.15) is 11.8 Å². The third-order valence-electron chi connectivity index (χ3n) is 6.14. The predicted octanol–water partition coefficient (Wildman–Crippen LogP) is 0.176. The summed E-state index contributed by atoms with van der Waals surface area (Å²) in [6.07, 6.45) is 14.6. The van der Waals surface area contributed by atoms with Crippen molar-refractivity contribution in [3.8, 4) is 0 Å². The SMILES string of the molecule is Cn1ccccc1=O.Cn1ccn(C)c1=O.Cn1ccn(C)c1=S.Cn1ccoc1=O.Cn1ncccc1=O.Cn1ncoc1=O.Cn1ncsc1=O. The number of hydrogen-bond acceptors (Lipinski definition) is 13. The molecule has 0 atom stereocenters. The van der Waals surface area contributed by atoms with Gasteiger partial charge in [-0.05, 0) is 24.4 Å². The number of oxazole rings is 1. The van der Waals surface area contributed by atoms with Crippen LogP contribution in [0.15, 0.2) is 129 Å². The molecule has 0 aliphatic heterocycles. The van der Waals surface area contributed by atoms with Gasteiger partial charge in [-0.1, -0.05) is 17.4 Å². The second kappa shape index (κ2) is 23.1. The van der Waals surface area contributed by atoms with E-state index >= 15 is 0 Å². The van der Waals surface area contributed by atoms with Crippen molar-refractivity contribution in [1.29, 1.82) is 0 Å². The molecule has 53 heavy (non-hydrogen) atoms. The molecule has 0 radical (unpaired) electrons. The van der Waals surface area contributed by atoms with Crippen LogP contribution >= 0.6 is 23.6 Å². The highest BCUT2D eigenvalue weighted by molar-refractivity contribution is 7.71. The van der Waals surface area contributed by atoms with Gasteiger partial charge in [-0.3, -0.25) is 19.0 Å². The number of imidazole rings is 2. The van der Waals surface area contributed by atoms with Crippen molar-refractivity contribution >= 4 is 23.6 Å². The van der Waals surface area contributed by atoms with E-state index in [0.29, 0.717) is 0 Å². The van der Waals surface area contributed by atoms with Crippen LogP contribution in [-0.2, 0) is 63.4 Å². The van der Waals surface area contributed by atoms with Crippen LogP contribution in [0.4, 0.5) is 0 Å². The Morgan fingerprint density at radius 1 is 0.547 bits per heavy atom. The van der Waals surface area contributed by atoms with Crippen LogP contribution in [0.1, 0.15) is 0 Å². The zero-order chi connectivity index (χ0) is 40.1. The Bertz CT molecular complexity index is 2240. The number of hydrogen-bond donors (Lipinski definition) is 0. The molecule has 0 saturated heterocycles. The number of aromatic nitrogens is 12. The Labute approximate surface area is 310 Å². The summed E-state index contributed by atoms with van der Waals surface area (Å²) in [6.45, 7) is 0. The molecule has 0 unspecified atom stereocenters. The first kappa shape index (κ1) is 44.6. The molecule has 20 nitrogen and oxygen atoms in total. The first-order valence-corrected chi connectivity index (χ1v) is 16.2. The van der Waals surface area contributed by atoms with E-state index in [2.05, 4.69) is 24.1 Å². The molecule has 7 aromatic heterocycles. The normalized spacial score (nSPS) is 9.38. The van der Waals surface area contributed by atoms with E-state index in [1.54, 1.807) is 85.4 Å². The summed E-state index contributed by atoms with van der Waals surface area (Å²) in [5.41, 5.74) is 1.49. The Kier molecular flexibility index (Phi) is 19.5. The third kappa shape index (κ3) is 16.9. The van der Waals surface area contributed by atoms with Crippen molar-refractivity contribution in [2.75, 3.05) is 0 Å². The lowest BCUT2D eigenvalue weighted by Gasteiger charge is -1.89. The second-order valence-corrected chi connectivity index (χ2v) is 11.4. The van der Waals surface area contributed by atoms with Gasteiger partial charge < -0.3 is 31.7 Å². The summed E-state index contributed by atoms with van der Waals surface area (Å²) in [7, 11) is 15.4. The Morgan fingerprint density at radius 2 is 1.13 bits per heavy atom. The lowest BCUT2D eigenvalue weighted by molar-refractivity contribution is 0.494. The summed E-state index contributed by atoms with van der Waals surface area (Å²) in [5.74, 6) is -0.750. The van der Waals surface area contributed by atoms with E-state index in [1.807, 2.05) is 41.7 Å². The molecule has 0 N–H and O–H groups in total. The highest BCUT2D eigenvalue weighted by atomic mass is 32.1. The zero-order valence-corrected chi connectivity index (χ0v) is 32.2. The maximum Gasteiger partial charge on any atom is 0.436 e. The number of pyridine rings is 1. The molecule has 0 aliphatic rings. The minimum absolute atomic E-state index is 0.0139. The predicted molar refractivity (Wildman–Crippen MR) is 200 cm³/mol. The van der Waals surface area contributed by atoms with Crippen LogP contribution in [0, 0.1) is 4.77 Å². The molecule has 0 spiro atoms. The van der Waals surface area contributed by atoms with Crippen LogP contribution in [0.2, 0.25) is 0 Å². The quantitative estimate of drug-likeness (QED) is 0.189. The minimum Gasteiger partial charge on any atom is -0.416 e. The highest BCUT2D eigenvalue weighted by Gasteiger charge is 1.90. The molecule has 0 aliphatic carbocycles. The van der Waals surface area contributed by atoms with Gasteiger partial charge in [0.05, 0.1) is 0 Å². The van der Waals surface area contributed by atoms with Gasteiger partial charge in [-0.25, -0.2) is 23.7 Å². The molecular formula is C31H42N12O8S2. The van der Waals surface area contributed by atoms with Gasteiger partial charge in [0.15, 0.2) is 4.77 Å². The maximum atomic E-state index is 10.7. The molecule has 0 fully saturated rings. The molecule has 0 bridgehead atoms. The average molecular weight is 775 g/mol. The number of aryl methyl sites for hydroxylation is 9. The smallest absolute Gasteiger partial charge is 0.416 e. The average Bonchev–Trinajstić information content (AvgIpc) is 3.95. The number of rotatable bonds is 0. The fourth-order valence-corrected chi connectivity index (χ4v) is 3.54. The monoisotopic (exact) mass is 774 g/mol. The van der Waals surface area contributed by atoms with Gasteiger partial charge in [0, 0.05) is 119 Å². The largest absolute Gasteiger partial charge is 0.436 e. The first-order valence-electron chi connectivity index (χ1n) is 15.0. The van der Waals surface area contributed by atoms with Crippen molar-refractivity contribution in [1.82, 2.24) is 56.7 Å². The molecule has 0 saturated carbocycles. The fraction of sp³-hybridized carbons (Fsp3) is 0.290. The van der Waals surface area contributed by atoms with Gasteiger partial charge in [0.25, 0.3) is 5.56 Å². The van der Waals surface area contributed by atoms with E-state index < -0.39 is 5.76 Å². The Balaban J connectivity index is 0.000000309. The van der Waals surface area contributed by atoms with Gasteiger partial charge >= 0.3 is 22.1 Å². The number of nitrogens with zero attached hydrogens (tertiary/aromatic N) is 12. The van der Waals surface area contributed by atoms with E-state index in [9.17, 15) is 28.8 Å². The summed E-state index contributed by atoms with van der Waals surface area (Å²) in [5, 5.41) is 10.8. The molecule has 7 heterocycles. The molecule has 22 heteroatoms. The standard InChI is InChI=1S/C6H7NO.C5H8N2O.C5H6N2O.C5H8N2S.C4H5NO2.C3H4N2O2.C3H4N2OS/c1-7-5-3-2-4-6(7)8;1-6-3-4-7(2)5(6)8;1-7-5(8)3-2-4-6-7;1-6-3-4-7(2)5(6)8;1-5-2-3-7-4(5)6;2*1-5-3(6)7-2-4-5/h2-5H,1H3;3-4H,1-2H3;2-4H,1H3;3-4H,1-2H3;2-3H,1H3;2*2H,1H3. The van der Waals surface area contributed by atoms with Crippen LogP contribution in [0.3, 0.4) is 0 Å². The van der Waals surface area contributed by atoms with Crippen molar-refractivity contribution < 1.29 is 8.83 Å². The van der Waals surface area contributed by atoms with Gasteiger partial charge in [-0.2, -0.15) is 14.9 Å². The minimum atomic E-state index is -0.431. The molecule has 7 aromatic rings. The van der Waals surface area contributed by atoms with E-state index in [-0.39, 0.29) is 27.4 Å². The van der Waals surface area contributed by atoms with Crippen molar-refractivity contribution in [3.63, 3.8) is 0 Å². The summed E-state index contributed by atoms with van der Waals surface area (Å²) in [6, 6.07) is 8.15. The summed E-state index contributed by atoms with van der Waals surface area (Å²) >= 11 is 6.05. The first-order chi connectivity index (χ1) is 25.0. The maximum absolute atomic E-state index is 10.7. The van der Waals surface area contributed by atoms with Gasteiger partial charge in [0.2, 0.25) is 12.0 Å². The van der Waals surface area contributed by atoms with E-state index in [1.165, 1.54) is 58.6 Å². The van der Waals surface area contributed by atoms with Crippen LogP contribution in [0.25, 0.3) is 0 Å². The lowest BCUT2D eigenvalue weighted by atomic mass is 10.5. The lowest BCUT2D eigenvalue weighted by Crippen LogP contribution is -2.18. The second-order valence-electron chi connectivity index (χ2n) is 10.3. The van der Waals surface area contributed by atoms with Crippen LogP contribution < -0.4 is 33.2 Å². The molecule has 0 amide bonds. The van der Waals surface area contributed by atoms with Gasteiger partial charge in [-0.15, -0.1) is 5.10 Å².